The van der Waals surface area contributed by atoms with Crippen LogP contribution in [-0.2, 0) is 10.3 Å². The summed E-state index contributed by atoms with van der Waals surface area (Å²) in [6.07, 6.45) is 3.74. The number of hydrogen-bond donors (Lipinski definition) is 3. The fourth-order valence-corrected chi connectivity index (χ4v) is 7.94. The van der Waals surface area contributed by atoms with E-state index in [1.165, 1.54) is 0 Å². The van der Waals surface area contributed by atoms with E-state index in [-0.39, 0.29) is 35.0 Å². The monoisotopic (exact) mass is 515 g/mol. The normalized spacial score (nSPS) is 28.8. The zero-order chi connectivity index (χ0) is 26.9. The van der Waals surface area contributed by atoms with Crippen molar-refractivity contribution in [1.29, 1.82) is 0 Å². The number of phenols is 2. The van der Waals surface area contributed by atoms with Gasteiger partial charge in [0.15, 0.2) is 11.6 Å². The number of rotatable bonds is 2. The predicted octanol–water partition coefficient (Wildman–Crippen LogP) is 6.24. The summed E-state index contributed by atoms with van der Waals surface area (Å²) in [4.78, 5) is 29.7. The van der Waals surface area contributed by atoms with Gasteiger partial charge in [-0.1, -0.05) is 60.7 Å². The van der Waals surface area contributed by atoms with E-state index < -0.39 is 11.0 Å². The number of carbonyl (C=O) groups is 2. The van der Waals surface area contributed by atoms with Crippen molar-refractivity contribution in [2.45, 2.75) is 43.7 Å². The van der Waals surface area contributed by atoms with Gasteiger partial charge in [0.1, 0.15) is 17.0 Å². The van der Waals surface area contributed by atoms with Crippen LogP contribution in [0.2, 0.25) is 0 Å². The third kappa shape index (κ3) is 3.11. The molecule has 4 aromatic carbocycles. The smallest absolute Gasteiger partial charge is 0.189 e. The molecule has 0 radical (unpaired) electrons. The summed E-state index contributed by atoms with van der Waals surface area (Å²) in [5, 5.41) is 26.1. The van der Waals surface area contributed by atoms with Crippen LogP contribution in [0.5, 0.6) is 11.5 Å². The lowest BCUT2D eigenvalue weighted by Gasteiger charge is -2.47. The number of benzene rings is 4. The van der Waals surface area contributed by atoms with Gasteiger partial charge in [0, 0.05) is 17.5 Å². The lowest BCUT2D eigenvalue weighted by Crippen LogP contribution is -2.59. The van der Waals surface area contributed by atoms with Crippen LogP contribution in [0.15, 0.2) is 90.5 Å². The van der Waals surface area contributed by atoms with E-state index in [4.69, 9.17) is 0 Å². The first-order valence-electron chi connectivity index (χ1n) is 13.5. The molecule has 4 aromatic rings. The molecule has 1 saturated heterocycles. The number of carbonyl (C=O) groups excluding carboxylic acids is 2. The first kappa shape index (κ1) is 23.9. The molecule has 0 amide bonds. The minimum Gasteiger partial charge on any atom is -0.508 e. The maximum Gasteiger partial charge on any atom is 0.189 e. The highest BCUT2D eigenvalue weighted by Gasteiger charge is 2.73. The summed E-state index contributed by atoms with van der Waals surface area (Å²) in [6, 6.07) is 25.6. The van der Waals surface area contributed by atoms with E-state index in [9.17, 15) is 15.0 Å². The number of Topliss-reactive ketones (excluding diaryl/α,β-unsaturated/α-hetero) is 2. The number of hydrogen-bond acceptors (Lipinski definition) is 5. The average molecular weight is 516 g/mol. The van der Waals surface area contributed by atoms with Crippen LogP contribution in [0, 0.1) is 5.41 Å². The van der Waals surface area contributed by atoms with E-state index in [1.54, 1.807) is 36.4 Å². The minimum atomic E-state index is -1.23. The second-order valence-electron chi connectivity index (χ2n) is 11.2. The minimum absolute atomic E-state index is 0.0413. The van der Waals surface area contributed by atoms with Crippen LogP contribution in [-0.4, -0.2) is 27.8 Å². The van der Waals surface area contributed by atoms with Crippen LogP contribution < -0.4 is 5.32 Å². The van der Waals surface area contributed by atoms with E-state index >= 15 is 4.79 Å². The van der Waals surface area contributed by atoms with Gasteiger partial charge in [0.2, 0.25) is 0 Å². The van der Waals surface area contributed by atoms with Gasteiger partial charge in [-0.05, 0) is 89.6 Å². The highest BCUT2D eigenvalue weighted by molar-refractivity contribution is 6.24. The zero-order valence-corrected chi connectivity index (χ0v) is 21.6. The highest BCUT2D eigenvalue weighted by atomic mass is 16.3. The SMILES string of the molecule is CC1N[C@@]2(C(=O)c3cccc4cccc2c34)[C@@]2(CCC/C(=C\c3cccc(O)c3)C2=O)[C@H]1c1cccc(O)c1. The largest absolute Gasteiger partial charge is 0.508 e. The Morgan fingerprint density at radius 3 is 2.36 bits per heavy atom. The van der Waals surface area contributed by atoms with Gasteiger partial charge in [0.25, 0.3) is 0 Å². The van der Waals surface area contributed by atoms with Gasteiger partial charge < -0.3 is 10.2 Å². The number of allylic oxidation sites excluding steroid dienone is 1. The van der Waals surface area contributed by atoms with E-state index in [0.29, 0.717) is 24.0 Å². The molecule has 194 valence electrons. The van der Waals surface area contributed by atoms with E-state index in [0.717, 1.165) is 33.9 Å². The molecule has 2 spiro atoms. The topological polar surface area (TPSA) is 86.6 Å². The lowest BCUT2D eigenvalue weighted by atomic mass is 9.52. The number of fused-ring (bicyclic) bond motifs is 2. The van der Waals surface area contributed by atoms with Crippen molar-refractivity contribution in [3.05, 3.63) is 113 Å². The van der Waals surface area contributed by atoms with E-state index in [2.05, 4.69) is 5.32 Å². The molecule has 1 saturated carbocycles. The molecule has 1 unspecified atom stereocenters. The van der Waals surface area contributed by atoms with Crippen molar-refractivity contribution in [3.8, 4) is 11.5 Å². The molecule has 3 aliphatic rings. The quantitative estimate of drug-likeness (QED) is 0.275. The molecule has 3 N–H and O–H groups in total. The molecule has 2 fully saturated rings. The first-order chi connectivity index (χ1) is 18.9. The van der Waals surface area contributed by atoms with Crippen LogP contribution in [0.4, 0.5) is 0 Å². The maximum atomic E-state index is 15.0. The van der Waals surface area contributed by atoms with Crippen LogP contribution in [0.1, 0.15) is 59.2 Å². The fourth-order valence-electron chi connectivity index (χ4n) is 7.94. The Bertz CT molecular complexity index is 1720. The summed E-state index contributed by atoms with van der Waals surface area (Å²) in [5.74, 6) is -0.173. The number of nitrogens with one attached hydrogen (secondary N) is 1. The fraction of sp³-hybridized carbons (Fsp3) is 0.235. The molecular weight excluding hydrogens is 486 g/mol. The van der Waals surface area contributed by atoms with Crippen molar-refractivity contribution in [2.24, 2.45) is 5.41 Å². The number of ketones is 2. The molecule has 5 nitrogen and oxygen atoms in total. The van der Waals surface area contributed by atoms with Crippen molar-refractivity contribution < 1.29 is 19.8 Å². The van der Waals surface area contributed by atoms with Crippen LogP contribution >= 0.6 is 0 Å². The van der Waals surface area contributed by atoms with Gasteiger partial charge >= 0.3 is 0 Å². The van der Waals surface area contributed by atoms with Gasteiger partial charge in [-0.15, -0.1) is 0 Å². The Labute approximate surface area is 226 Å². The summed E-state index contributed by atoms with van der Waals surface area (Å²) in [6.45, 7) is 2.04. The molecule has 5 heteroatoms. The summed E-state index contributed by atoms with van der Waals surface area (Å²) >= 11 is 0. The molecule has 1 aliphatic heterocycles. The van der Waals surface area contributed by atoms with E-state index in [1.807, 2.05) is 61.5 Å². The Balaban J connectivity index is 1.52. The zero-order valence-electron chi connectivity index (χ0n) is 21.6. The van der Waals surface area contributed by atoms with Gasteiger partial charge in [-0.2, -0.15) is 0 Å². The van der Waals surface area contributed by atoms with Crippen molar-refractivity contribution in [2.75, 3.05) is 0 Å². The van der Waals surface area contributed by atoms with Crippen molar-refractivity contribution in [1.82, 2.24) is 5.32 Å². The second-order valence-corrected chi connectivity index (χ2v) is 11.2. The summed E-state index contributed by atoms with van der Waals surface area (Å²) < 4.78 is 0. The lowest BCUT2D eigenvalue weighted by molar-refractivity contribution is -0.130. The van der Waals surface area contributed by atoms with Crippen molar-refractivity contribution in [3.63, 3.8) is 0 Å². The van der Waals surface area contributed by atoms with Crippen molar-refractivity contribution >= 4 is 28.4 Å². The Morgan fingerprint density at radius 1 is 0.872 bits per heavy atom. The molecule has 0 bridgehead atoms. The molecule has 0 aromatic heterocycles. The molecule has 39 heavy (non-hydrogen) atoms. The molecule has 7 rings (SSSR count). The maximum absolute atomic E-state index is 15.0. The Kier molecular flexibility index (Phi) is 5.13. The van der Waals surface area contributed by atoms with Gasteiger partial charge in [-0.3, -0.25) is 14.9 Å². The average Bonchev–Trinajstić information content (AvgIpc) is 3.32. The Hall–Kier alpha value is -4.22. The molecule has 2 aliphatic carbocycles. The molecular formula is C34H29NO4. The molecule has 4 atom stereocenters. The summed E-state index contributed by atoms with van der Waals surface area (Å²) in [7, 11) is 0. The Morgan fingerprint density at radius 2 is 1.59 bits per heavy atom. The van der Waals surface area contributed by atoms with Crippen LogP contribution in [0.3, 0.4) is 0 Å². The third-order valence-electron chi connectivity index (χ3n) is 9.19. The summed E-state index contributed by atoms with van der Waals surface area (Å²) in [5.41, 5.74) is 1.42. The highest BCUT2D eigenvalue weighted by Crippen LogP contribution is 2.66. The van der Waals surface area contributed by atoms with Crippen LogP contribution in [0.25, 0.3) is 16.8 Å². The first-order valence-corrected chi connectivity index (χ1v) is 13.5. The second kappa shape index (κ2) is 8.39. The van der Waals surface area contributed by atoms with Gasteiger partial charge in [0.05, 0.1) is 5.41 Å². The number of aromatic hydroxyl groups is 2. The predicted molar refractivity (Wildman–Crippen MR) is 151 cm³/mol. The van der Waals surface area contributed by atoms with Gasteiger partial charge in [-0.25, -0.2) is 0 Å². The molecule has 1 heterocycles. The number of phenolic OH excluding ortho intramolecular Hbond substituents is 2. The standard InChI is InChI=1S/C34H29NO4/c1-20-30(23-10-3-13-26(37)19-23)33(16-6-11-24(31(33)38)17-21-7-2-12-25(36)18-21)34(35-20)28-15-5-9-22-8-4-14-27(29(22)28)32(34)39/h2-5,7-10,12-15,17-20,30,35-37H,6,11,16H2,1H3/b24-17+/t20?,30-,33+,34+/m1/s1. The third-order valence-corrected chi connectivity index (χ3v) is 9.19.